The zero-order chi connectivity index (χ0) is 13.1. The van der Waals surface area contributed by atoms with E-state index in [-0.39, 0.29) is 0 Å². The highest BCUT2D eigenvalue weighted by Crippen LogP contribution is 2.19. The minimum atomic E-state index is 0.290. The van der Waals surface area contributed by atoms with Crippen molar-refractivity contribution in [3.63, 3.8) is 0 Å². The van der Waals surface area contributed by atoms with Gasteiger partial charge < -0.3 is 9.47 Å². The van der Waals surface area contributed by atoms with Gasteiger partial charge >= 0.3 is 0 Å². The molecule has 0 aromatic rings. The average Bonchev–Trinajstić information content (AvgIpc) is 2.29. The second-order valence-corrected chi connectivity index (χ2v) is 5.53. The van der Waals surface area contributed by atoms with Crippen molar-refractivity contribution >= 4 is 15.9 Å². The summed E-state index contributed by atoms with van der Waals surface area (Å²) in [5.74, 6) is 0. The molecular weight excluding hydrogens is 282 g/mol. The van der Waals surface area contributed by atoms with Crippen molar-refractivity contribution in [1.29, 1.82) is 0 Å². The number of rotatable bonds is 11. The summed E-state index contributed by atoms with van der Waals surface area (Å²) in [4.78, 5) is 2.42. The van der Waals surface area contributed by atoms with E-state index in [4.69, 9.17) is 9.47 Å². The molecule has 0 aromatic heterocycles. The van der Waals surface area contributed by atoms with Crippen molar-refractivity contribution in [3.8, 4) is 0 Å². The van der Waals surface area contributed by atoms with E-state index in [1.54, 1.807) is 0 Å². The van der Waals surface area contributed by atoms with Gasteiger partial charge in [0.1, 0.15) is 0 Å². The molecule has 0 atom stereocenters. The minimum absolute atomic E-state index is 0.290. The third-order valence-electron chi connectivity index (χ3n) is 2.53. The van der Waals surface area contributed by atoms with Crippen molar-refractivity contribution in [3.05, 3.63) is 0 Å². The predicted octanol–water partition coefficient (Wildman–Crippen LogP) is 2.78. The Morgan fingerprint density at radius 2 is 1.47 bits per heavy atom. The van der Waals surface area contributed by atoms with Crippen LogP contribution >= 0.6 is 15.9 Å². The first-order valence-electron chi connectivity index (χ1n) is 6.49. The molecule has 0 aliphatic carbocycles. The van der Waals surface area contributed by atoms with Gasteiger partial charge in [-0.2, -0.15) is 0 Å². The zero-order valence-electron chi connectivity index (χ0n) is 11.8. The Labute approximate surface area is 115 Å². The van der Waals surface area contributed by atoms with Crippen LogP contribution in [-0.2, 0) is 9.47 Å². The number of nitrogens with zero attached hydrogens (tertiary/aromatic N) is 1. The molecule has 0 fully saturated rings. The fourth-order valence-corrected chi connectivity index (χ4v) is 1.77. The van der Waals surface area contributed by atoms with Crippen LogP contribution in [0, 0.1) is 5.41 Å². The molecule has 0 aromatic carbocycles. The van der Waals surface area contributed by atoms with E-state index in [9.17, 15) is 0 Å². The Morgan fingerprint density at radius 1 is 1.00 bits per heavy atom. The highest BCUT2D eigenvalue weighted by molar-refractivity contribution is 9.09. The van der Waals surface area contributed by atoms with Crippen LogP contribution in [0.3, 0.4) is 0 Å². The van der Waals surface area contributed by atoms with Gasteiger partial charge in [0.15, 0.2) is 0 Å². The van der Waals surface area contributed by atoms with Gasteiger partial charge in [-0.15, -0.1) is 0 Å². The van der Waals surface area contributed by atoms with E-state index in [1.807, 2.05) is 13.8 Å². The van der Waals surface area contributed by atoms with Crippen LogP contribution < -0.4 is 0 Å². The second kappa shape index (κ2) is 10.3. The molecule has 0 aliphatic heterocycles. The Bertz CT molecular complexity index is 167. The summed E-state index contributed by atoms with van der Waals surface area (Å²) in [6.07, 6.45) is 0. The van der Waals surface area contributed by atoms with Gasteiger partial charge in [0.2, 0.25) is 0 Å². The fourth-order valence-electron chi connectivity index (χ4n) is 1.59. The van der Waals surface area contributed by atoms with Crippen LogP contribution in [0.1, 0.15) is 27.7 Å². The maximum Gasteiger partial charge on any atom is 0.0593 e. The van der Waals surface area contributed by atoms with E-state index >= 15 is 0 Å². The van der Waals surface area contributed by atoms with Gasteiger partial charge in [0.25, 0.3) is 0 Å². The number of ether oxygens (including phenoxy) is 2. The average molecular weight is 310 g/mol. The van der Waals surface area contributed by atoms with Gasteiger partial charge in [0, 0.05) is 38.2 Å². The van der Waals surface area contributed by atoms with Crippen LogP contribution in [0.15, 0.2) is 0 Å². The molecule has 17 heavy (non-hydrogen) atoms. The normalized spacial score (nSPS) is 12.4. The monoisotopic (exact) mass is 309 g/mol. The van der Waals surface area contributed by atoms with Gasteiger partial charge in [-0.1, -0.05) is 29.8 Å². The van der Waals surface area contributed by atoms with E-state index in [0.717, 1.165) is 51.4 Å². The lowest BCUT2D eigenvalue weighted by Crippen LogP contribution is -2.39. The predicted molar refractivity (Wildman–Crippen MR) is 77.0 cm³/mol. The van der Waals surface area contributed by atoms with E-state index in [0.29, 0.717) is 5.41 Å². The summed E-state index contributed by atoms with van der Waals surface area (Å²) >= 11 is 3.57. The molecule has 0 amide bonds. The molecule has 0 aliphatic rings. The maximum absolute atomic E-state index is 5.42. The second-order valence-electron chi connectivity index (χ2n) is 4.97. The number of hydrogen-bond donors (Lipinski definition) is 0. The summed E-state index contributed by atoms with van der Waals surface area (Å²) in [6, 6.07) is 0. The summed E-state index contributed by atoms with van der Waals surface area (Å²) < 4.78 is 10.8. The van der Waals surface area contributed by atoms with Crippen LogP contribution in [-0.4, -0.2) is 56.3 Å². The maximum atomic E-state index is 5.42. The Balaban J connectivity index is 4.00. The van der Waals surface area contributed by atoms with Crippen LogP contribution in [0.5, 0.6) is 0 Å². The quantitative estimate of drug-likeness (QED) is 0.433. The molecule has 0 radical (unpaired) electrons. The number of alkyl halides is 1. The lowest BCUT2D eigenvalue weighted by Gasteiger charge is -2.31. The summed E-state index contributed by atoms with van der Waals surface area (Å²) in [6.45, 7) is 14.9. The Morgan fingerprint density at radius 3 is 1.82 bits per heavy atom. The molecule has 0 unspecified atom stereocenters. The Hall–Kier alpha value is 0.360. The minimum Gasteiger partial charge on any atom is -0.380 e. The van der Waals surface area contributed by atoms with Crippen molar-refractivity contribution in [2.75, 3.05) is 51.4 Å². The van der Waals surface area contributed by atoms with Crippen molar-refractivity contribution in [2.45, 2.75) is 27.7 Å². The number of hydrogen-bond acceptors (Lipinski definition) is 3. The first-order chi connectivity index (χ1) is 8.05. The largest absolute Gasteiger partial charge is 0.380 e. The van der Waals surface area contributed by atoms with Crippen molar-refractivity contribution < 1.29 is 9.47 Å². The molecular formula is C13H28BrNO2. The topological polar surface area (TPSA) is 21.7 Å². The highest BCUT2D eigenvalue weighted by atomic mass is 79.9. The van der Waals surface area contributed by atoms with E-state index in [1.165, 1.54) is 0 Å². The molecule has 4 heteroatoms. The van der Waals surface area contributed by atoms with Gasteiger partial charge in [-0.3, -0.25) is 4.90 Å². The van der Waals surface area contributed by atoms with Gasteiger partial charge in [0.05, 0.1) is 13.2 Å². The first-order valence-corrected chi connectivity index (χ1v) is 7.61. The lowest BCUT2D eigenvalue weighted by molar-refractivity contribution is 0.0688. The molecule has 3 nitrogen and oxygen atoms in total. The lowest BCUT2D eigenvalue weighted by atomic mass is 9.96. The van der Waals surface area contributed by atoms with Crippen LogP contribution in [0.2, 0.25) is 0 Å². The zero-order valence-corrected chi connectivity index (χ0v) is 13.4. The Kier molecular flexibility index (Phi) is 10.5. The summed E-state index contributed by atoms with van der Waals surface area (Å²) in [5.41, 5.74) is 0.290. The summed E-state index contributed by atoms with van der Waals surface area (Å²) in [7, 11) is 0. The molecule has 0 saturated carbocycles. The standard InChI is InChI=1S/C13H28BrNO2/c1-5-16-9-7-15(8-10-17-6-2)12-13(3,4)11-14/h5-12H2,1-4H3. The highest BCUT2D eigenvalue weighted by Gasteiger charge is 2.20. The third kappa shape index (κ3) is 10.0. The van der Waals surface area contributed by atoms with Crippen LogP contribution in [0.25, 0.3) is 0 Å². The van der Waals surface area contributed by atoms with Gasteiger partial charge in [-0.05, 0) is 19.3 Å². The van der Waals surface area contributed by atoms with E-state index < -0.39 is 0 Å². The molecule has 0 bridgehead atoms. The molecule has 104 valence electrons. The fraction of sp³-hybridized carbons (Fsp3) is 1.00. The summed E-state index contributed by atoms with van der Waals surface area (Å²) in [5, 5.41) is 1.01. The molecule has 0 rings (SSSR count). The van der Waals surface area contributed by atoms with Crippen LogP contribution in [0.4, 0.5) is 0 Å². The number of halogens is 1. The van der Waals surface area contributed by atoms with Crippen molar-refractivity contribution in [2.24, 2.45) is 5.41 Å². The van der Waals surface area contributed by atoms with E-state index in [2.05, 4.69) is 34.7 Å². The molecule has 0 saturated heterocycles. The molecule has 0 spiro atoms. The molecule has 0 N–H and O–H groups in total. The van der Waals surface area contributed by atoms with Gasteiger partial charge in [-0.25, -0.2) is 0 Å². The first kappa shape index (κ1) is 17.4. The molecule has 0 heterocycles. The SMILES string of the molecule is CCOCCN(CCOCC)CC(C)(C)CBr. The van der Waals surface area contributed by atoms with Crippen molar-refractivity contribution in [1.82, 2.24) is 4.90 Å². The smallest absolute Gasteiger partial charge is 0.0593 e. The third-order valence-corrected chi connectivity index (χ3v) is 4.04.